The number of hydrogen-bond donors (Lipinski definition) is 1. The SMILES string of the molecule is NS(=O)(=O)c1ccc(Oc2ccc(I)cc2)nc1. The normalized spacial score (nSPS) is 11.2. The average Bonchev–Trinajstić information content (AvgIpc) is 2.32. The maximum absolute atomic E-state index is 11.0. The number of nitrogens with two attached hydrogens (primary N) is 1. The summed E-state index contributed by atoms with van der Waals surface area (Å²) in [6.45, 7) is 0. The van der Waals surface area contributed by atoms with E-state index in [9.17, 15) is 8.42 Å². The minimum Gasteiger partial charge on any atom is -0.439 e. The van der Waals surface area contributed by atoms with Crippen molar-refractivity contribution in [2.75, 3.05) is 0 Å². The van der Waals surface area contributed by atoms with Crippen LogP contribution in [0.15, 0.2) is 47.5 Å². The average molecular weight is 376 g/mol. The Kier molecular flexibility index (Phi) is 3.83. The lowest BCUT2D eigenvalue weighted by Gasteiger charge is -2.05. The Morgan fingerprint density at radius 3 is 2.28 bits per heavy atom. The van der Waals surface area contributed by atoms with Gasteiger partial charge in [0.2, 0.25) is 15.9 Å². The minimum absolute atomic E-state index is 0.0440. The van der Waals surface area contributed by atoms with Gasteiger partial charge in [-0.05, 0) is 52.9 Å². The molecule has 1 aromatic heterocycles. The summed E-state index contributed by atoms with van der Waals surface area (Å²) in [6.07, 6.45) is 1.16. The molecule has 0 saturated carbocycles. The molecular formula is C11H9IN2O3S. The quantitative estimate of drug-likeness (QED) is 0.833. The second-order valence-corrected chi connectivity index (χ2v) is 6.24. The van der Waals surface area contributed by atoms with E-state index >= 15 is 0 Å². The van der Waals surface area contributed by atoms with E-state index in [0.29, 0.717) is 11.6 Å². The third-order valence-electron chi connectivity index (χ3n) is 2.07. The molecule has 0 amide bonds. The third-order valence-corrected chi connectivity index (χ3v) is 3.69. The summed E-state index contributed by atoms with van der Waals surface area (Å²) in [5.74, 6) is 0.940. The van der Waals surface area contributed by atoms with Crippen molar-refractivity contribution in [1.29, 1.82) is 0 Å². The number of halogens is 1. The van der Waals surface area contributed by atoms with Crippen molar-refractivity contribution in [2.45, 2.75) is 4.90 Å². The topological polar surface area (TPSA) is 82.3 Å². The van der Waals surface area contributed by atoms with Gasteiger partial charge in [0.25, 0.3) is 0 Å². The van der Waals surface area contributed by atoms with Crippen LogP contribution in [0, 0.1) is 3.57 Å². The third kappa shape index (κ3) is 3.40. The van der Waals surface area contributed by atoms with Crippen molar-refractivity contribution in [1.82, 2.24) is 4.98 Å². The molecule has 2 aromatic rings. The van der Waals surface area contributed by atoms with Gasteiger partial charge in [0.15, 0.2) is 0 Å². The number of pyridine rings is 1. The zero-order valence-corrected chi connectivity index (χ0v) is 12.1. The van der Waals surface area contributed by atoms with Crippen LogP contribution in [0.3, 0.4) is 0 Å². The van der Waals surface area contributed by atoms with Gasteiger partial charge in [0.1, 0.15) is 10.6 Å². The smallest absolute Gasteiger partial charge is 0.239 e. The van der Waals surface area contributed by atoms with E-state index in [1.807, 2.05) is 12.1 Å². The van der Waals surface area contributed by atoms with Gasteiger partial charge in [-0.1, -0.05) is 0 Å². The number of rotatable bonds is 3. The monoisotopic (exact) mass is 376 g/mol. The Morgan fingerprint density at radius 1 is 1.11 bits per heavy atom. The van der Waals surface area contributed by atoms with Crippen LogP contribution in [0.25, 0.3) is 0 Å². The maximum atomic E-state index is 11.0. The second kappa shape index (κ2) is 5.21. The molecule has 94 valence electrons. The molecule has 2 rings (SSSR count). The molecule has 0 unspecified atom stereocenters. The lowest BCUT2D eigenvalue weighted by molar-refractivity contribution is 0.462. The number of sulfonamides is 1. The van der Waals surface area contributed by atoms with Gasteiger partial charge in [-0.15, -0.1) is 0 Å². The highest BCUT2D eigenvalue weighted by Gasteiger charge is 2.08. The molecule has 1 aromatic carbocycles. The van der Waals surface area contributed by atoms with Gasteiger partial charge in [-0.3, -0.25) is 0 Å². The van der Waals surface area contributed by atoms with Crippen LogP contribution in [0.4, 0.5) is 0 Å². The molecular weight excluding hydrogens is 367 g/mol. The Balaban J connectivity index is 2.18. The molecule has 0 fully saturated rings. The van der Waals surface area contributed by atoms with Crippen molar-refractivity contribution in [2.24, 2.45) is 5.14 Å². The van der Waals surface area contributed by atoms with Gasteiger partial charge in [-0.25, -0.2) is 18.5 Å². The lowest BCUT2D eigenvalue weighted by atomic mass is 10.3. The lowest BCUT2D eigenvalue weighted by Crippen LogP contribution is -2.12. The van der Waals surface area contributed by atoms with E-state index in [1.54, 1.807) is 12.1 Å². The zero-order valence-electron chi connectivity index (χ0n) is 9.08. The molecule has 0 radical (unpaired) electrons. The van der Waals surface area contributed by atoms with Gasteiger partial charge < -0.3 is 4.74 Å². The highest BCUT2D eigenvalue weighted by molar-refractivity contribution is 14.1. The number of hydrogen-bond acceptors (Lipinski definition) is 4. The molecule has 0 bridgehead atoms. The molecule has 0 spiro atoms. The van der Waals surface area contributed by atoms with E-state index in [1.165, 1.54) is 12.1 Å². The van der Waals surface area contributed by atoms with E-state index in [-0.39, 0.29) is 4.90 Å². The van der Waals surface area contributed by atoms with Crippen LogP contribution in [0.5, 0.6) is 11.6 Å². The summed E-state index contributed by atoms with van der Waals surface area (Å²) in [7, 11) is -3.72. The summed E-state index contributed by atoms with van der Waals surface area (Å²) in [5.41, 5.74) is 0. The minimum atomic E-state index is -3.72. The van der Waals surface area contributed by atoms with Gasteiger partial charge in [0.05, 0.1) is 6.20 Å². The summed E-state index contributed by atoms with van der Waals surface area (Å²) in [4.78, 5) is 3.84. The predicted molar refractivity (Wildman–Crippen MR) is 74.8 cm³/mol. The highest BCUT2D eigenvalue weighted by Crippen LogP contribution is 2.20. The highest BCUT2D eigenvalue weighted by atomic mass is 127. The first-order valence-corrected chi connectivity index (χ1v) is 7.50. The number of nitrogens with zero attached hydrogens (tertiary/aromatic N) is 1. The molecule has 2 N–H and O–H groups in total. The van der Waals surface area contributed by atoms with Crippen LogP contribution in [-0.4, -0.2) is 13.4 Å². The Bertz CT molecular complexity index is 639. The molecule has 18 heavy (non-hydrogen) atoms. The fourth-order valence-corrected chi connectivity index (χ4v) is 2.04. The van der Waals surface area contributed by atoms with Crippen molar-refractivity contribution in [3.63, 3.8) is 0 Å². The summed E-state index contributed by atoms with van der Waals surface area (Å²) < 4.78 is 28.6. The predicted octanol–water partition coefficient (Wildman–Crippen LogP) is 2.13. The Labute approximate surface area is 118 Å². The molecule has 0 saturated heterocycles. The number of benzene rings is 1. The fraction of sp³-hybridized carbons (Fsp3) is 0. The number of ether oxygens (including phenoxy) is 1. The zero-order chi connectivity index (χ0) is 13.2. The van der Waals surface area contributed by atoms with E-state index < -0.39 is 10.0 Å². The van der Waals surface area contributed by atoms with Crippen LogP contribution in [0.1, 0.15) is 0 Å². The van der Waals surface area contributed by atoms with Crippen molar-refractivity contribution in [3.8, 4) is 11.6 Å². The summed E-state index contributed by atoms with van der Waals surface area (Å²) >= 11 is 2.19. The van der Waals surface area contributed by atoms with E-state index in [2.05, 4.69) is 27.6 Å². The van der Waals surface area contributed by atoms with Gasteiger partial charge in [0, 0.05) is 9.64 Å². The number of aromatic nitrogens is 1. The first kappa shape index (κ1) is 13.2. The Hall–Kier alpha value is -1.19. The van der Waals surface area contributed by atoms with Gasteiger partial charge in [-0.2, -0.15) is 0 Å². The van der Waals surface area contributed by atoms with Crippen LogP contribution in [0.2, 0.25) is 0 Å². The van der Waals surface area contributed by atoms with Crippen molar-refractivity contribution >= 4 is 32.6 Å². The summed E-state index contributed by atoms with van der Waals surface area (Å²) in [5, 5.41) is 4.97. The van der Waals surface area contributed by atoms with Crippen LogP contribution < -0.4 is 9.88 Å². The molecule has 7 heteroatoms. The first-order valence-electron chi connectivity index (χ1n) is 4.87. The molecule has 0 aliphatic rings. The van der Waals surface area contributed by atoms with E-state index in [4.69, 9.17) is 9.88 Å². The standard InChI is InChI=1S/C11H9IN2O3S/c12-8-1-3-9(4-2-8)17-11-6-5-10(7-14-11)18(13,15)16/h1-7H,(H2,13,15,16). The molecule has 1 heterocycles. The maximum Gasteiger partial charge on any atom is 0.239 e. The second-order valence-electron chi connectivity index (χ2n) is 3.43. The molecule has 0 atom stereocenters. The van der Waals surface area contributed by atoms with Crippen molar-refractivity contribution in [3.05, 3.63) is 46.2 Å². The van der Waals surface area contributed by atoms with E-state index in [0.717, 1.165) is 9.77 Å². The Morgan fingerprint density at radius 2 is 1.78 bits per heavy atom. The van der Waals surface area contributed by atoms with Crippen molar-refractivity contribution < 1.29 is 13.2 Å². The molecule has 0 aliphatic carbocycles. The first-order chi connectivity index (χ1) is 8.45. The summed E-state index contributed by atoms with van der Waals surface area (Å²) in [6, 6.07) is 10.2. The van der Waals surface area contributed by atoms with Crippen LogP contribution >= 0.6 is 22.6 Å². The van der Waals surface area contributed by atoms with Gasteiger partial charge >= 0.3 is 0 Å². The molecule has 5 nitrogen and oxygen atoms in total. The fourth-order valence-electron chi connectivity index (χ4n) is 1.22. The molecule has 0 aliphatic heterocycles. The largest absolute Gasteiger partial charge is 0.439 e. The van der Waals surface area contributed by atoms with Crippen LogP contribution in [-0.2, 0) is 10.0 Å². The number of primary sulfonamides is 1.